The highest BCUT2D eigenvalue weighted by Gasteiger charge is 2.50. The Morgan fingerprint density at radius 3 is 2.57 bits per heavy atom. The number of hydrogen-bond acceptors (Lipinski definition) is 4. The highest BCUT2D eigenvalue weighted by atomic mass is 16.5. The fraction of sp³-hybridized carbons (Fsp3) is 0.938. The van der Waals surface area contributed by atoms with Gasteiger partial charge in [-0.15, -0.1) is 0 Å². The third kappa shape index (κ3) is 4.41. The summed E-state index contributed by atoms with van der Waals surface area (Å²) in [4.78, 5) is 14.4. The van der Waals surface area contributed by atoms with Gasteiger partial charge in [0, 0.05) is 25.7 Å². The first-order chi connectivity index (χ1) is 9.94. The number of rotatable bonds is 8. The molecule has 1 saturated heterocycles. The molecule has 0 radical (unpaired) electrons. The van der Waals surface area contributed by atoms with Crippen LogP contribution < -0.4 is 11.1 Å². The van der Waals surface area contributed by atoms with Gasteiger partial charge in [0.15, 0.2) is 0 Å². The van der Waals surface area contributed by atoms with Gasteiger partial charge in [-0.05, 0) is 58.9 Å². The third-order valence-electron chi connectivity index (χ3n) is 4.57. The van der Waals surface area contributed by atoms with Crippen molar-refractivity contribution in [1.29, 1.82) is 0 Å². The highest BCUT2D eigenvalue weighted by Crippen LogP contribution is 2.40. The second-order valence-electron chi connectivity index (χ2n) is 7.09. The zero-order chi connectivity index (χ0) is 15.5. The van der Waals surface area contributed by atoms with Gasteiger partial charge in [-0.2, -0.15) is 0 Å². The minimum Gasteiger partial charge on any atom is -0.377 e. The first kappa shape index (κ1) is 16.7. The van der Waals surface area contributed by atoms with E-state index in [2.05, 4.69) is 31.1 Å². The van der Waals surface area contributed by atoms with Crippen LogP contribution in [-0.2, 0) is 9.53 Å². The van der Waals surface area contributed by atoms with Crippen molar-refractivity contribution in [2.24, 2.45) is 11.7 Å². The summed E-state index contributed by atoms with van der Waals surface area (Å²) in [6.07, 6.45) is 6.02. The normalized spacial score (nSPS) is 26.0. The maximum absolute atomic E-state index is 12.2. The first-order valence-corrected chi connectivity index (χ1v) is 8.32. The lowest BCUT2D eigenvalue weighted by molar-refractivity contribution is -0.126. The van der Waals surface area contributed by atoms with E-state index >= 15 is 0 Å². The van der Waals surface area contributed by atoms with Crippen LogP contribution in [0.25, 0.3) is 0 Å². The molecule has 2 unspecified atom stereocenters. The van der Waals surface area contributed by atoms with Crippen LogP contribution in [-0.4, -0.2) is 55.2 Å². The van der Waals surface area contributed by atoms with Gasteiger partial charge in [0.05, 0.1) is 6.10 Å². The molecule has 21 heavy (non-hydrogen) atoms. The predicted molar refractivity (Wildman–Crippen MR) is 84.0 cm³/mol. The van der Waals surface area contributed by atoms with Crippen LogP contribution in [0.5, 0.6) is 0 Å². The summed E-state index contributed by atoms with van der Waals surface area (Å²) in [5.41, 5.74) is 5.20. The van der Waals surface area contributed by atoms with Gasteiger partial charge in [0.1, 0.15) is 5.54 Å². The SMILES string of the molecule is CC(C)NC(CN(C)CC1CCCCO1)(C(N)=O)C1CC1. The van der Waals surface area contributed by atoms with Crippen LogP contribution >= 0.6 is 0 Å². The first-order valence-electron chi connectivity index (χ1n) is 8.32. The van der Waals surface area contributed by atoms with Crippen molar-refractivity contribution >= 4 is 5.91 Å². The molecule has 1 aliphatic carbocycles. The summed E-state index contributed by atoms with van der Waals surface area (Å²) in [5, 5.41) is 3.47. The summed E-state index contributed by atoms with van der Waals surface area (Å²) < 4.78 is 5.80. The standard InChI is InChI=1S/C16H31N3O2/c1-12(2)18-16(15(17)20,13-7-8-13)11-19(3)10-14-6-4-5-9-21-14/h12-14,18H,4-11H2,1-3H3,(H2,17,20). The number of amides is 1. The highest BCUT2D eigenvalue weighted by molar-refractivity contribution is 5.86. The third-order valence-corrected chi connectivity index (χ3v) is 4.57. The molecule has 1 heterocycles. The number of carbonyl (C=O) groups excluding carboxylic acids is 1. The van der Waals surface area contributed by atoms with E-state index in [4.69, 9.17) is 10.5 Å². The lowest BCUT2D eigenvalue weighted by Crippen LogP contribution is -2.64. The maximum Gasteiger partial charge on any atom is 0.239 e. The number of likely N-dealkylation sites (N-methyl/N-ethyl adjacent to an activating group) is 1. The number of nitrogens with zero attached hydrogens (tertiary/aromatic N) is 1. The Bertz CT molecular complexity index is 351. The van der Waals surface area contributed by atoms with Crippen molar-refractivity contribution in [3.05, 3.63) is 0 Å². The van der Waals surface area contributed by atoms with E-state index < -0.39 is 5.54 Å². The van der Waals surface area contributed by atoms with Crippen molar-refractivity contribution < 1.29 is 9.53 Å². The number of hydrogen-bond donors (Lipinski definition) is 2. The molecule has 0 aromatic heterocycles. The molecule has 1 amide bonds. The number of nitrogens with one attached hydrogen (secondary N) is 1. The Morgan fingerprint density at radius 2 is 2.10 bits per heavy atom. The second-order valence-corrected chi connectivity index (χ2v) is 7.09. The Kier molecular flexibility index (Phi) is 5.63. The van der Waals surface area contributed by atoms with Crippen LogP contribution in [0.15, 0.2) is 0 Å². The molecule has 0 aromatic carbocycles. The molecular weight excluding hydrogens is 266 g/mol. The zero-order valence-corrected chi connectivity index (χ0v) is 13.7. The van der Waals surface area contributed by atoms with Gasteiger partial charge in [-0.1, -0.05) is 0 Å². The number of primary amides is 1. The Balaban J connectivity index is 1.98. The van der Waals surface area contributed by atoms with Crippen molar-refractivity contribution in [2.45, 2.75) is 63.6 Å². The molecule has 5 nitrogen and oxygen atoms in total. The van der Waals surface area contributed by atoms with Crippen molar-refractivity contribution in [1.82, 2.24) is 10.2 Å². The average molecular weight is 297 g/mol. The van der Waals surface area contributed by atoms with E-state index in [1.807, 2.05) is 0 Å². The molecule has 0 spiro atoms. The topological polar surface area (TPSA) is 67.6 Å². The smallest absolute Gasteiger partial charge is 0.239 e. The summed E-state index contributed by atoms with van der Waals surface area (Å²) in [7, 11) is 2.07. The summed E-state index contributed by atoms with van der Waals surface area (Å²) >= 11 is 0. The molecule has 1 saturated carbocycles. The Labute approximate surface area is 128 Å². The lowest BCUT2D eigenvalue weighted by Gasteiger charge is -2.38. The molecular formula is C16H31N3O2. The monoisotopic (exact) mass is 297 g/mol. The van der Waals surface area contributed by atoms with Gasteiger partial charge in [-0.3, -0.25) is 10.1 Å². The van der Waals surface area contributed by atoms with Crippen LogP contribution in [0.2, 0.25) is 0 Å². The minimum atomic E-state index is -0.586. The number of carbonyl (C=O) groups is 1. The summed E-state index contributed by atoms with van der Waals surface area (Å²) in [5.74, 6) is 0.169. The van der Waals surface area contributed by atoms with Gasteiger partial charge >= 0.3 is 0 Å². The van der Waals surface area contributed by atoms with Crippen LogP contribution in [0.1, 0.15) is 46.0 Å². The van der Waals surface area contributed by atoms with E-state index in [0.29, 0.717) is 18.6 Å². The largest absolute Gasteiger partial charge is 0.377 e. The van der Waals surface area contributed by atoms with E-state index in [-0.39, 0.29) is 11.9 Å². The van der Waals surface area contributed by atoms with Crippen molar-refractivity contribution in [3.63, 3.8) is 0 Å². The van der Waals surface area contributed by atoms with E-state index in [1.54, 1.807) is 0 Å². The number of ether oxygens (including phenoxy) is 1. The molecule has 2 aliphatic rings. The Hall–Kier alpha value is -0.650. The molecule has 2 rings (SSSR count). The van der Waals surface area contributed by atoms with E-state index in [0.717, 1.165) is 32.4 Å². The zero-order valence-electron chi connectivity index (χ0n) is 13.7. The summed E-state index contributed by atoms with van der Waals surface area (Å²) in [6.45, 7) is 6.56. The lowest BCUT2D eigenvalue weighted by atomic mass is 9.90. The summed E-state index contributed by atoms with van der Waals surface area (Å²) in [6, 6.07) is 0.248. The van der Waals surface area contributed by atoms with E-state index in [9.17, 15) is 4.79 Å². The maximum atomic E-state index is 12.2. The molecule has 0 aromatic rings. The molecule has 3 N–H and O–H groups in total. The van der Waals surface area contributed by atoms with Crippen molar-refractivity contribution in [2.75, 3.05) is 26.7 Å². The van der Waals surface area contributed by atoms with Crippen molar-refractivity contribution in [3.8, 4) is 0 Å². The molecule has 122 valence electrons. The quantitative estimate of drug-likeness (QED) is 0.704. The minimum absolute atomic E-state index is 0.213. The predicted octanol–water partition coefficient (Wildman–Crippen LogP) is 1.12. The van der Waals surface area contributed by atoms with Gasteiger partial charge in [0.25, 0.3) is 0 Å². The molecule has 2 fully saturated rings. The van der Waals surface area contributed by atoms with Gasteiger partial charge in [-0.25, -0.2) is 0 Å². The van der Waals surface area contributed by atoms with Crippen LogP contribution in [0, 0.1) is 5.92 Å². The van der Waals surface area contributed by atoms with Gasteiger partial charge < -0.3 is 15.4 Å². The fourth-order valence-corrected chi connectivity index (χ4v) is 3.52. The van der Waals surface area contributed by atoms with Crippen LogP contribution in [0.3, 0.4) is 0 Å². The average Bonchev–Trinajstić information content (AvgIpc) is 3.22. The second kappa shape index (κ2) is 7.07. The van der Waals surface area contributed by atoms with Crippen LogP contribution in [0.4, 0.5) is 0 Å². The fourth-order valence-electron chi connectivity index (χ4n) is 3.52. The van der Waals surface area contributed by atoms with E-state index in [1.165, 1.54) is 12.8 Å². The molecule has 1 aliphatic heterocycles. The van der Waals surface area contributed by atoms with Gasteiger partial charge in [0.2, 0.25) is 5.91 Å². The number of nitrogens with two attached hydrogens (primary N) is 1. The molecule has 2 atom stereocenters. The molecule has 5 heteroatoms. The Morgan fingerprint density at radius 1 is 1.38 bits per heavy atom. The molecule has 0 bridgehead atoms.